The topological polar surface area (TPSA) is 77.8 Å². The van der Waals surface area contributed by atoms with E-state index in [0.29, 0.717) is 28.8 Å². The average Bonchev–Trinajstić information content (AvgIpc) is 4.02. The van der Waals surface area contributed by atoms with Crippen LogP contribution in [0.2, 0.25) is 0 Å². The zero-order chi connectivity index (χ0) is 36.1. The largest absolute Gasteiger partial charge is 0.436 e. The standard InChI is InChI=1S/C49H28N4O2/c1-4-14-37-33(11-1)34-12-2-5-15-38(34)49(37)39-16-6-3-13-35(39)36-22-21-29(28-40(36)49)41-23-24-50-46(51-41)30-25-31(47-52-42-17-7-9-19-44(42)54-47)27-32(26-30)48-53-43-18-8-10-20-45(43)55-48/h1-28H. The third-order valence-corrected chi connectivity index (χ3v) is 11.2. The Bertz CT molecular complexity index is 2970. The number of oxazole rings is 2. The minimum absolute atomic E-state index is 0.437. The van der Waals surface area contributed by atoms with Crippen molar-refractivity contribution in [1.82, 2.24) is 19.9 Å². The lowest BCUT2D eigenvalue weighted by molar-refractivity contribution is 0.617. The summed E-state index contributed by atoms with van der Waals surface area (Å²) in [6, 6.07) is 57.0. The van der Waals surface area contributed by atoms with Gasteiger partial charge < -0.3 is 8.83 Å². The van der Waals surface area contributed by atoms with Gasteiger partial charge in [0.15, 0.2) is 17.0 Å². The van der Waals surface area contributed by atoms with Gasteiger partial charge in [0.25, 0.3) is 0 Å². The zero-order valence-corrected chi connectivity index (χ0v) is 29.3. The molecule has 0 saturated carbocycles. The number of hydrogen-bond acceptors (Lipinski definition) is 6. The van der Waals surface area contributed by atoms with Gasteiger partial charge >= 0.3 is 0 Å². The van der Waals surface area contributed by atoms with Crippen molar-refractivity contribution in [3.05, 3.63) is 192 Å². The van der Waals surface area contributed by atoms with Gasteiger partial charge in [-0.3, -0.25) is 0 Å². The van der Waals surface area contributed by atoms with Gasteiger partial charge in [-0.25, -0.2) is 19.9 Å². The molecule has 0 bridgehead atoms. The number of fused-ring (bicyclic) bond motifs is 12. The van der Waals surface area contributed by atoms with Crippen molar-refractivity contribution in [2.24, 2.45) is 0 Å². The summed E-state index contributed by atoms with van der Waals surface area (Å²) >= 11 is 0. The molecule has 0 atom stereocenters. The second-order valence-electron chi connectivity index (χ2n) is 14.2. The predicted molar refractivity (Wildman–Crippen MR) is 215 cm³/mol. The van der Waals surface area contributed by atoms with E-state index in [4.69, 9.17) is 28.8 Å². The highest BCUT2D eigenvalue weighted by molar-refractivity contribution is 5.96. The lowest BCUT2D eigenvalue weighted by Crippen LogP contribution is -2.25. The van der Waals surface area contributed by atoms with E-state index >= 15 is 0 Å². The van der Waals surface area contributed by atoms with Crippen LogP contribution in [0.5, 0.6) is 0 Å². The summed E-state index contributed by atoms with van der Waals surface area (Å²) in [5.41, 5.74) is 17.0. The van der Waals surface area contributed by atoms with Crippen molar-refractivity contribution in [2.75, 3.05) is 0 Å². The Labute approximate surface area is 315 Å². The molecule has 6 heteroatoms. The number of nitrogens with zero attached hydrogens (tertiary/aromatic N) is 4. The van der Waals surface area contributed by atoms with Gasteiger partial charge in [0.2, 0.25) is 11.8 Å². The summed E-state index contributed by atoms with van der Waals surface area (Å²) in [5.74, 6) is 1.57. The smallest absolute Gasteiger partial charge is 0.227 e. The third kappa shape index (κ3) is 4.30. The van der Waals surface area contributed by atoms with E-state index in [1.165, 1.54) is 44.5 Å². The van der Waals surface area contributed by atoms with Gasteiger partial charge in [-0.1, -0.05) is 109 Å². The molecule has 6 nitrogen and oxygen atoms in total. The monoisotopic (exact) mass is 704 g/mol. The van der Waals surface area contributed by atoms with E-state index in [-0.39, 0.29) is 0 Å². The summed E-state index contributed by atoms with van der Waals surface area (Å²) in [5, 5.41) is 0. The number of para-hydroxylation sites is 4. The van der Waals surface area contributed by atoms with Crippen LogP contribution in [0.15, 0.2) is 179 Å². The molecule has 10 aromatic rings. The number of aromatic nitrogens is 4. The Hall–Kier alpha value is -7.44. The van der Waals surface area contributed by atoms with Gasteiger partial charge in [0.1, 0.15) is 11.0 Å². The fourth-order valence-electron chi connectivity index (χ4n) is 8.91. The van der Waals surface area contributed by atoms with Gasteiger partial charge in [-0.2, -0.15) is 0 Å². The van der Waals surface area contributed by atoms with Crippen molar-refractivity contribution in [3.63, 3.8) is 0 Å². The maximum Gasteiger partial charge on any atom is 0.227 e. The van der Waals surface area contributed by atoms with Gasteiger partial charge in [-0.05, 0) is 99.1 Å². The Kier molecular flexibility index (Phi) is 6.17. The Morgan fingerprint density at radius 2 is 0.873 bits per heavy atom. The zero-order valence-electron chi connectivity index (χ0n) is 29.3. The number of benzene rings is 7. The molecule has 0 saturated heterocycles. The van der Waals surface area contributed by atoms with Crippen LogP contribution < -0.4 is 0 Å². The number of rotatable bonds is 4. The highest BCUT2D eigenvalue weighted by Crippen LogP contribution is 2.63. The molecule has 0 unspecified atom stereocenters. The molecule has 0 amide bonds. The molecule has 0 fully saturated rings. The molecule has 256 valence electrons. The van der Waals surface area contributed by atoms with Crippen molar-refractivity contribution in [2.45, 2.75) is 5.41 Å². The molecule has 55 heavy (non-hydrogen) atoms. The van der Waals surface area contributed by atoms with Gasteiger partial charge in [0.05, 0.1) is 11.1 Å². The summed E-state index contributed by atoms with van der Waals surface area (Å²) in [6.07, 6.45) is 1.83. The van der Waals surface area contributed by atoms with E-state index < -0.39 is 5.41 Å². The van der Waals surface area contributed by atoms with Crippen LogP contribution in [0, 0.1) is 0 Å². The molecule has 2 aliphatic rings. The van der Waals surface area contributed by atoms with Crippen LogP contribution in [-0.4, -0.2) is 19.9 Å². The van der Waals surface area contributed by atoms with Gasteiger partial charge in [-0.15, -0.1) is 0 Å². The molecule has 12 rings (SSSR count). The summed E-state index contributed by atoms with van der Waals surface area (Å²) < 4.78 is 12.5. The lowest BCUT2D eigenvalue weighted by atomic mass is 9.70. The maximum atomic E-state index is 6.25. The second-order valence-corrected chi connectivity index (χ2v) is 14.2. The quantitative estimate of drug-likeness (QED) is 0.181. The Balaban J connectivity index is 1.03. The fraction of sp³-hybridized carbons (Fsp3) is 0.0204. The first-order chi connectivity index (χ1) is 27.2. The summed E-state index contributed by atoms with van der Waals surface area (Å²) in [7, 11) is 0. The van der Waals surface area contributed by atoms with Crippen LogP contribution >= 0.6 is 0 Å². The van der Waals surface area contributed by atoms with Crippen LogP contribution in [0.1, 0.15) is 22.3 Å². The molecule has 3 heterocycles. The first-order valence-corrected chi connectivity index (χ1v) is 18.4. The lowest BCUT2D eigenvalue weighted by Gasteiger charge is -2.30. The summed E-state index contributed by atoms with van der Waals surface area (Å²) in [6.45, 7) is 0. The van der Waals surface area contributed by atoms with E-state index in [1.807, 2.05) is 79.0 Å². The molecule has 1 spiro atoms. The van der Waals surface area contributed by atoms with Gasteiger partial charge in [0, 0.05) is 28.5 Å². The fourth-order valence-corrected chi connectivity index (χ4v) is 8.91. The highest BCUT2D eigenvalue weighted by Gasteiger charge is 2.51. The maximum absolute atomic E-state index is 6.25. The first kappa shape index (κ1) is 30.1. The molecular weight excluding hydrogens is 677 g/mol. The third-order valence-electron chi connectivity index (χ3n) is 11.2. The van der Waals surface area contributed by atoms with Crippen molar-refractivity contribution >= 4 is 22.2 Å². The van der Waals surface area contributed by atoms with E-state index in [9.17, 15) is 0 Å². The van der Waals surface area contributed by atoms with Crippen molar-refractivity contribution in [1.29, 1.82) is 0 Å². The molecule has 2 aliphatic carbocycles. The van der Waals surface area contributed by atoms with Crippen LogP contribution in [-0.2, 0) is 5.41 Å². The van der Waals surface area contributed by atoms with Crippen LogP contribution in [0.3, 0.4) is 0 Å². The normalized spacial score (nSPS) is 13.2. The molecule has 0 aliphatic heterocycles. The number of hydrogen-bond donors (Lipinski definition) is 0. The van der Waals surface area contributed by atoms with Crippen molar-refractivity contribution < 1.29 is 8.83 Å². The minimum Gasteiger partial charge on any atom is -0.436 e. The Morgan fingerprint density at radius 3 is 1.44 bits per heavy atom. The summed E-state index contributed by atoms with van der Waals surface area (Å²) in [4.78, 5) is 19.7. The predicted octanol–water partition coefficient (Wildman–Crippen LogP) is 11.8. The average molecular weight is 705 g/mol. The first-order valence-electron chi connectivity index (χ1n) is 18.4. The van der Waals surface area contributed by atoms with Crippen LogP contribution in [0.4, 0.5) is 0 Å². The minimum atomic E-state index is -0.437. The highest BCUT2D eigenvalue weighted by atomic mass is 16.4. The molecular formula is C49H28N4O2. The SMILES string of the molecule is c1ccc2c(c1)-c1ccccc1C21c2ccccc2-c2ccc(-c3ccnc(-c4cc(-c5nc6ccccc6o5)cc(-c5nc6ccccc6o5)c4)n3)cc21. The van der Waals surface area contributed by atoms with E-state index in [0.717, 1.165) is 39.0 Å². The molecule has 7 aromatic carbocycles. The van der Waals surface area contributed by atoms with Crippen molar-refractivity contribution in [3.8, 4) is 67.8 Å². The molecule has 0 N–H and O–H groups in total. The molecule has 0 radical (unpaired) electrons. The van der Waals surface area contributed by atoms with E-state index in [2.05, 4.69) is 91.0 Å². The van der Waals surface area contributed by atoms with Crippen LogP contribution in [0.25, 0.3) is 90.0 Å². The molecule has 3 aromatic heterocycles. The Morgan fingerprint density at radius 1 is 0.382 bits per heavy atom. The van der Waals surface area contributed by atoms with E-state index in [1.54, 1.807) is 0 Å². The second kappa shape index (κ2) is 11.3.